The van der Waals surface area contributed by atoms with E-state index in [0.29, 0.717) is 19.1 Å². The highest BCUT2D eigenvalue weighted by molar-refractivity contribution is 9.10. The number of likely N-dealkylation sites (tertiary alicyclic amines) is 1. The van der Waals surface area contributed by atoms with Crippen LogP contribution < -0.4 is 14.9 Å². The Balaban J connectivity index is 1.84. The van der Waals surface area contributed by atoms with Crippen LogP contribution in [0.2, 0.25) is 0 Å². The highest BCUT2D eigenvalue weighted by Crippen LogP contribution is 2.41. The summed E-state index contributed by atoms with van der Waals surface area (Å²) < 4.78 is 12.7. The fourth-order valence-corrected chi connectivity index (χ4v) is 4.39. The van der Waals surface area contributed by atoms with Gasteiger partial charge in [0.2, 0.25) is 0 Å². The average Bonchev–Trinajstić information content (AvgIpc) is 3.05. The van der Waals surface area contributed by atoms with E-state index in [1.165, 1.54) is 17.7 Å². The van der Waals surface area contributed by atoms with Gasteiger partial charge in [-0.3, -0.25) is 0 Å². The summed E-state index contributed by atoms with van der Waals surface area (Å²) in [5.74, 6) is 2.04. The molecule has 1 fully saturated rings. The molecule has 5 nitrogen and oxygen atoms in total. The molecule has 0 amide bonds. The third-order valence-corrected chi connectivity index (χ3v) is 5.59. The number of hydrazone groups is 1. The molecule has 2 atom stereocenters. The second-order valence-electron chi connectivity index (χ2n) is 6.98. The first-order valence-corrected chi connectivity index (χ1v) is 10.6. The molecule has 2 aliphatic rings. The third kappa shape index (κ3) is 4.17. The van der Waals surface area contributed by atoms with E-state index in [0.717, 1.165) is 48.4 Å². The first-order chi connectivity index (χ1) is 12.7. The van der Waals surface area contributed by atoms with Gasteiger partial charge in [0, 0.05) is 31.1 Å². The van der Waals surface area contributed by atoms with Gasteiger partial charge in [-0.2, -0.15) is 5.10 Å². The van der Waals surface area contributed by atoms with Crippen LogP contribution in [0, 0.1) is 5.92 Å². The molecule has 2 unspecified atom stereocenters. The molecule has 0 spiro atoms. The third-order valence-electron chi connectivity index (χ3n) is 5.00. The second-order valence-corrected chi connectivity index (χ2v) is 7.83. The molecule has 6 heteroatoms. The zero-order valence-electron chi connectivity index (χ0n) is 16.1. The van der Waals surface area contributed by atoms with E-state index >= 15 is 0 Å². The minimum atomic E-state index is 0.195. The molecular formula is C20H30BrN3O2. The average molecular weight is 424 g/mol. The van der Waals surface area contributed by atoms with E-state index in [2.05, 4.69) is 57.3 Å². The monoisotopic (exact) mass is 423 g/mol. The Morgan fingerprint density at radius 1 is 1.23 bits per heavy atom. The van der Waals surface area contributed by atoms with Gasteiger partial charge in [0.1, 0.15) is 0 Å². The summed E-state index contributed by atoms with van der Waals surface area (Å²) in [6.45, 7) is 11.0. The number of benzene rings is 1. The first-order valence-electron chi connectivity index (χ1n) is 9.81. The normalized spacial score (nSPS) is 22.5. The quantitative estimate of drug-likeness (QED) is 0.673. The minimum Gasteiger partial charge on any atom is -0.490 e. The first kappa shape index (κ1) is 19.5. The fraction of sp³-hybridized carbons (Fsp3) is 0.650. The zero-order valence-corrected chi connectivity index (χ0v) is 17.6. The van der Waals surface area contributed by atoms with Gasteiger partial charge >= 0.3 is 0 Å². The second kappa shape index (κ2) is 9.09. The van der Waals surface area contributed by atoms with Crippen LogP contribution in [0.5, 0.6) is 11.5 Å². The predicted molar refractivity (Wildman–Crippen MR) is 109 cm³/mol. The molecule has 144 valence electrons. The van der Waals surface area contributed by atoms with E-state index < -0.39 is 0 Å². The van der Waals surface area contributed by atoms with Crippen molar-refractivity contribution in [3.63, 3.8) is 0 Å². The number of piperidine rings is 1. The number of hydrogen-bond donors (Lipinski definition) is 1. The van der Waals surface area contributed by atoms with Crippen molar-refractivity contribution < 1.29 is 9.47 Å². The topological polar surface area (TPSA) is 46.1 Å². The highest BCUT2D eigenvalue weighted by Gasteiger charge is 2.37. The molecule has 1 saturated heterocycles. The maximum absolute atomic E-state index is 5.91. The van der Waals surface area contributed by atoms with Gasteiger partial charge in [-0.25, -0.2) is 0 Å². The number of rotatable bonds is 8. The summed E-state index contributed by atoms with van der Waals surface area (Å²) in [6, 6.07) is 4.47. The van der Waals surface area contributed by atoms with Crippen LogP contribution in [0.15, 0.2) is 21.7 Å². The van der Waals surface area contributed by atoms with E-state index in [-0.39, 0.29) is 6.04 Å². The number of halogens is 1. The molecule has 0 bridgehead atoms. The molecule has 1 aromatic carbocycles. The predicted octanol–water partition coefficient (Wildman–Crippen LogP) is 4.37. The molecule has 0 aromatic heterocycles. The smallest absolute Gasteiger partial charge is 0.175 e. The summed E-state index contributed by atoms with van der Waals surface area (Å²) >= 11 is 3.69. The van der Waals surface area contributed by atoms with Crippen molar-refractivity contribution in [3.8, 4) is 11.5 Å². The maximum Gasteiger partial charge on any atom is 0.175 e. The van der Waals surface area contributed by atoms with E-state index in [9.17, 15) is 0 Å². The Morgan fingerprint density at radius 2 is 2.08 bits per heavy atom. The van der Waals surface area contributed by atoms with Crippen molar-refractivity contribution in [2.24, 2.45) is 11.0 Å². The SMILES string of the molecule is CCCOc1c(Br)cc(C2NN=C3CCN(CCC)CC32)cc1OCC. The molecular weight excluding hydrogens is 394 g/mol. The van der Waals surface area contributed by atoms with E-state index in [1.807, 2.05) is 6.92 Å². The van der Waals surface area contributed by atoms with Crippen LogP contribution in [0.25, 0.3) is 0 Å². The summed E-state index contributed by atoms with van der Waals surface area (Å²) in [4.78, 5) is 2.56. The summed E-state index contributed by atoms with van der Waals surface area (Å²) in [6.07, 6.45) is 3.22. The molecule has 2 heterocycles. The van der Waals surface area contributed by atoms with Gasteiger partial charge in [0.15, 0.2) is 11.5 Å². The lowest BCUT2D eigenvalue weighted by atomic mass is 9.86. The Labute approximate surface area is 165 Å². The molecule has 26 heavy (non-hydrogen) atoms. The van der Waals surface area contributed by atoms with Crippen molar-refractivity contribution >= 4 is 21.6 Å². The van der Waals surface area contributed by atoms with Crippen molar-refractivity contribution in [1.82, 2.24) is 10.3 Å². The van der Waals surface area contributed by atoms with Crippen molar-refractivity contribution in [3.05, 3.63) is 22.2 Å². The number of nitrogens with zero attached hydrogens (tertiary/aromatic N) is 2. The zero-order chi connectivity index (χ0) is 18.5. The Morgan fingerprint density at radius 3 is 2.81 bits per heavy atom. The van der Waals surface area contributed by atoms with E-state index in [1.54, 1.807) is 0 Å². The van der Waals surface area contributed by atoms with Gasteiger partial charge in [0.25, 0.3) is 0 Å². The molecule has 0 radical (unpaired) electrons. The van der Waals surface area contributed by atoms with Gasteiger partial charge in [-0.1, -0.05) is 13.8 Å². The van der Waals surface area contributed by atoms with Gasteiger partial charge in [-0.05, 0) is 59.9 Å². The van der Waals surface area contributed by atoms with E-state index in [4.69, 9.17) is 9.47 Å². The van der Waals surface area contributed by atoms with Gasteiger partial charge in [0.05, 0.1) is 23.7 Å². The van der Waals surface area contributed by atoms with Gasteiger partial charge < -0.3 is 19.8 Å². The number of nitrogens with one attached hydrogen (secondary N) is 1. The van der Waals surface area contributed by atoms with Crippen LogP contribution in [-0.2, 0) is 0 Å². The molecule has 0 saturated carbocycles. The van der Waals surface area contributed by atoms with Crippen LogP contribution in [0.1, 0.15) is 51.6 Å². The largest absolute Gasteiger partial charge is 0.490 e. The lowest BCUT2D eigenvalue weighted by Crippen LogP contribution is -2.42. The van der Waals surface area contributed by atoms with Crippen LogP contribution in [-0.4, -0.2) is 43.5 Å². The fourth-order valence-electron chi connectivity index (χ4n) is 3.81. The number of hydrogen-bond acceptors (Lipinski definition) is 5. The lowest BCUT2D eigenvalue weighted by Gasteiger charge is -2.33. The van der Waals surface area contributed by atoms with Crippen molar-refractivity contribution in [1.29, 1.82) is 0 Å². The Bertz CT molecular complexity index is 650. The van der Waals surface area contributed by atoms with Crippen molar-refractivity contribution in [2.45, 2.75) is 46.1 Å². The Kier molecular flexibility index (Phi) is 6.81. The van der Waals surface area contributed by atoms with Crippen LogP contribution >= 0.6 is 15.9 Å². The molecule has 1 aromatic rings. The van der Waals surface area contributed by atoms with Gasteiger partial charge in [-0.15, -0.1) is 0 Å². The molecule has 1 N–H and O–H groups in total. The standard InChI is InChI=1S/C20H30BrN3O2/c1-4-8-24-9-7-17-15(13-24)19(23-22-17)14-11-16(21)20(26-10-5-2)18(12-14)25-6-3/h11-12,15,19,23H,4-10,13H2,1-3H3. The molecule has 0 aliphatic carbocycles. The van der Waals surface area contributed by atoms with Crippen molar-refractivity contribution in [2.75, 3.05) is 32.8 Å². The summed E-state index contributed by atoms with van der Waals surface area (Å²) in [5, 5.41) is 4.64. The Hall–Kier alpha value is -1.27. The van der Waals surface area contributed by atoms with Crippen LogP contribution in [0.4, 0.5) is 0 Å². The lowest BCUT2D eigenvalue weighted by molar-refractivity contribution is 0.227. The maximum atomic E-state index is 5.91. The summed E-state index contributed by atoms with van der Waals surface area (Å²) in [5.41, 5.74) is 5.89. The molecule has 2 aliphatic heterocycles. The summed E-state index contributed by atoms with van der Waals surface area (Å²) in [7, 11) is 0. The minimum absolute atomic E-state index is 0.195. The highest BCUT2D eigenvalue weighted by atomic mass is 79.9. The van der Waals surface area contributed by atoms with Crippen LogP contribution in [0.3, 0.4) is 0 Å². The molecule has 3 rings (SSSR count). The number of ether oxygens (including phenoxy) is 2. The number of fused-ring (bicyclic) bond motifs is 1.